The van der Waals surface area contributed by atoms with Gasteiger partial charge >= 0.3 is 0 Å². The molecule has 0 bridgehead atoms. The van der Waals surface area contributed by atoms with Gasteiger partial charge in [-0.3, -0.25) is 4.98 Å². The van der Waals surface area contributed by atoms with Gasteiger partial charge in [0.15, 0.2) is 9.84 Å². The Morgan fingerprint density at radius 1 is 1.15 bits per heavy atom. The van der Waals surface area contributed by atoms with Crippen LogP contribution in [0.25, 0.3) is 33.2 Å². The molecule has 0 spiro atoms. The van der Waals surface area contributed by atoms with Gasteiger partial charge in [-0.25, -0.2) is 18.1 Å². The minimum Gasteiger partial charge on any atom is -0.480 e. The SMILES string of the molecule is [2H]C([2H])([2H])c1nnn(C)c1-c1cnc2c3c(OC)ncc(S(C)(=O)=O)c3n([C@H](c3ccccc3)C3CCOCC3)c2c1. The quantitative estimate of drug-likeness (QED) is 0.311. The van der Waals surface area contributed by atoms with Gasteiger partial charge in [-0.05, 0) is 37.2 Å². The number of nitrogens with zero attached hydrogens (tertiary/aromatic N) is 6. The molecule has 0 unspecified atom stereocenters. The minimum atomic E-state index is -3.75. The first-order valence-corrected chi connectivity index (χ1v) is 14.5. The summed E-state index contributed by atoms with van der Waals surface area (Å²) in [5.41, 5.74) is 3.17. The molecule has 11 heteroatoms. The van der Waals surface area contributed by atoms with E-state index in [0.29, 0.717) is 46.4 Å². The Labute approximate surface area is 230 Å². The number of fused-ring (bicyclic) bond motifs is 3. The van der Waals surface area contributed by atoms with Crippen molar-refractivity contribution >= 4 is 31.8 Å². The van der Waals surface area contributed by atoms with Crippen LogP contribution in [0.5, 0.6) is 5.88 Å². The van der Waals surface area contributed by atoms with Crippen LogP contribution in [-0.4, -0.2) is 64.5 Å². The molecule has 0 N–H and O–H groups in total. The van der Waals surface area contributed by atoms with Crippen molar-refractivity contribution in [1.82, 2.24) is 29.5 Å². The number of aromatic nitrogens is 6. The largest absolute Gasteiger partial charge is 0.480 e. The van der Waals surface area contributed by atoms with Crippen LogP contribution < -0.4 is 4.74 Å². The van der Waals surface area contributed by atoms with Gasteiger partial charge in [0.05, 0.1) is 47.2 Å². The topological polar surface area (TPSA) is 114 Å². The third kappa shape index (κ3) is 4.25. The van der Waals surface area contributed by atoms with Gasteiger partial charge in [0.25, 0.3) is 0 Å². The molecule has 0 amide bonds. The predicted molar refractivity (Wildman–Crippen MR) is 148 cm³/mol. The van der Waals surface area contributed by atoms with E-state index in [-0.39, 0.29) is 28.4 Å². The fourth-order valence-corrected chi connectivity index (χ4v) is 6.50. The van der Waals surface area contributed by atoms with Crippen molar-refractivity contribution in [1.29, 1.82) is 0 Å². The van der Waals surface area contributed by atoms with Crippen LogP contribution in [-0.2, 0) is 21.6 Å². The number of pyridine rings is 2. The molecule has 5 heterocycles. The summed E-state index contributed by atoms with van der Waals surface area (Å²) in [7, 11) is -0.638. The number of hydrogen-bond acceptors (Lipinski definition) is 8. The van der Waals surface area contributed by atoms with Crippen LogP contribution in [0.2, 0.25) is 0 Å². The highest BCUT2D eigenvalue weighted by Gasteiger charge is 2.33. The van der Waals surface area contributed by atoms with Gasteiger partial charge in [0.2, 0.25) is 5.88 Å². The van der Waals surface area contributed by atoms with Crippen LogP contribution in [0.1, 0.15) is 34.3 Å². The highest BCUT2D eigenvalue weighted by atomic mass is 32.2. The second-order valence-electron chi connectivity index (χ2n) is 9.80. The third-order valence-electron chi connectivity index (χ3n) is 7.41. The lowest BCUT2D eigenvalue weighted by Crippen LogP contribution is -2.27. The smallest absolute Gasteiger partial charge is 0.224 e. The van der Waals surface area contributed by atoms with E-state index >= 15 is 0 Å². The summed E-state index contributed by atoms with van der Waals surface area (Å²) >= 11 is 0. The molecule has 0 aliphatic carbocycles. The Bertz CT molecular complexity index is 1900. The number of benzene rings is 1. The maximum Gasteiger partial charge on any atom is 0.224 e. The molecule has 1 atom stereocenters. The van der Waals surface area contributed by atoms with E-state index in [9.17, 15) is 8.42 Å². The summed E-state index contributed by atoms with van der Waals surface area (Å²) in [6.45, 7) is -1.33. The molecule has 1 saturated heterocycles. The fourth-order valence-electron chi connectivity index (χ4n) is 5.71. The maximum atomic E-state index is 13.2. The van der Waals surface area contributed by atoms with Gasteiger partial charge in [-0.15, -0.1) is 5.10 Å². The lowest BCUT2D eigenvalue weighted by atomic mass is 9.86. The summed E-state index contributed by atoms with van der Waals surface area (Å²) in [4.78, 5) is 9.20. The van der Waals surface area contributed by atoms with Crippen molar-refractivity contribution in [3.8, 4) is 17.1 Å². The number of sulfone groups is 1. The monoisotopic (exact) mass is 549 g/mol. The summed E-state index contributed by atoms with van der Waals surface area (Å²) in [6, 6.07) is 11.5. The predicted octanol–water partition coefficient (Wildman–Crippen LogP) is 4.12. The van der Waals surface area contributed by atoms with Crippen LogP contribution in [0, 0.1) is 12.8 Å². The number of aryl methyl sites for hydroxylation is 2. The van der Waals surface area contributed by atoms with E-state index in [1.165, 1.54) is 18.0 Å². The second-order valence-corrected chi connectivity index (χ2v) is 11.8. The molecule has 1 aromatic carbocycles. The van der Waals surface area contributed by atoms with E-state index in [2.05, 4.69) is 15.3 Å². The molecular weight excluding hydrogens is 516 g/mol. The molecule has 39 heavy (non-hydrogen) atoms. The third-order valence-corrected chi connectivity index (χ3v) is 8.51. The average molecular weight is 550 g/mol. The fraction of sp³-hybridized carbons (Fsp3) is 0.357. The second kappa shape index (κ2) is 9.73. The number of methoxy groups -OCH3 is 1. The molecule has 6 rings (SSSR count). The molecule has 0 radical (unpaired) electrons. The van der Waals surface area contributed by atoms with E-state index in [0.717, 1.165) is 24.7 Å². The zero-order valence-corrected chi connectivity index (χ0v) is 22.6. The van der Waals surface area contributed by atoms with Gasteiger partial charge in [-0.2, -0.15) is 0 Å². The van der Waals surface area contributed by atoms with Crippen molar-refractivity contribution < 1.29 is 22.0 Å². The molecule has 1 aliphatic rings. The van der Waals surface area contributed by atoms with E-state index in [4.69, 9.17) is 18.6 Å². The molecule has 5 aromatic rings. The summed E-state index contributed by atoms with van der Waals surface area (Å²) in [5, 5.41) is 8.38. The zero-order valence-electron chi connectivity index (χ0n) is 24.8. The van der Waals surface area contributed by atoms with Crippen molar-refractivity contribution in [3.63, 3.8) is 0 Å². The molecule has 1 aliphatic heterocycles. The summed E-state index contributed by atoms with van der Waals surface area (Å²) < 4.78 is 65.3. The highest BCUT2D eigenvalue weighted by molar-refractivity contribution is 7.91. The first-order chi connectivity index (χ1) is 20.0. The molecule has 0 saturated carbocycles. The zero-order chi connectivity index (χ0) is 29.8. The Balaban J connectivity index is 1.78. The van der Waals surface area contributed by atoms with Crippen molar-refractivity contribution in [2.45, 2.75) is 30.6 Å². The van der Waals surface area contributed by atoms with Crippen LogP contribution in [0.3, 0.4) is 0 Å². The average Bonchev–Trinajstić information content (AvgIpc) is 3.52. The molecule has 1 fully saturated rings. The Morgan fingerprint density at radius 2 is 1.92 bits per heavy atom. The lowest BCUT2D eigenvalue weighted by Gasteiger charge is -2.33. The standard InChI is InChI=1S/C28H30N6O4S/c1-17-25(33(2)32-31-17)20-14-21-24(29-15-20)23-27(22(39(4,35)36)16-30-28(23)37-3)34(21)26(18-8-6-5-7-9-18)19-10-12-38-13-11-19/h5-9,14-16,19,26H,10-13H2,1-4H3/t26-/m1/s1/i1D3. The van der Waals surface area contributed by atoms with Crippen molar-refractivity contribution in [2.75, 3.05) is 26.6 Å². The normalized spacial score (nSPS) is 17.2. The Morgan fingerprint density at radius 3 is 2.62 bits per heavy atom. The summed E-state index contributed by atoms with van der Waals surface area (Å²) in [6.07, 6.45) is 5.57. The van der Waals surface area contributed by atoms with Gasteiger partial charge in [-0.1, -0.05) is 35.5 Å². The molecular formula is C28H30N6O4S. The number of hydrogen-bond donors (Lipinski definition) is 0. The lowest BCUT2D eigenvalue weighted by molar-refractivity contribution is 0.0552. The van der Waals surface area contributed by atoms with E-state index < -0.39 is 16.7 Å². The van der Waals surface area contributed by atoms with Crippen molar-refractivity contribution in [2.24, 2.45) is 13.0 Å². The van der Waals surface area contributed by atoms with E-state index in [1.807, 2.05) is 41.0 Å². The first kappa shape index (κ1) is 22.0. The number of rotatable bonds is 6. The first-order valence-electron chi connectivity index (χ1n) is 14.1. The number of ether oxygens (including phenoxy) is 2. The highest BCUT2D eigenvalue weighted by Crippen LogP contribution is 2.44. The van der Waals surface area contributed by atoms with Crippen LogP contribution in [0.4, 0.5) is 0 Å². The Kier molecular flexibility index (Phi) is 5.50. The molecule has 10 nitrogen and oxygen atoms in total. The van der Waals surface area contributed by atoms with Gasteiger partial charge in [0.1, 0.15) is 10.4 Å². The Hall–Kier alpha value is -3.83. The van der Waals surface area contributed by atoms with Gasteiger partial charge < -0.3 is 14.0 Å². The minimum absolute atomic E-state index is 0.0521. The molecule has 4 aromatic heterocycles. The van der Waals surface area contributed by atoms with Crippen molar-refractivity contribution in [3.05, 3.63) is 60.0 Å². The van der Waals surface area contributed by atoms with Crippen LogP contribution in [0.15, 0.2) is 53.7 Å². The van der Waals surface area contributed by atoms with Crippen LogP contribution >= 0.6 is 0 Å². The van der Waals surface area contributed by atoms with E-state index in [1.54, 1.807) is 13.2 Å². The maximum absolute atomic E-state index is 13.2. The molecule has 202 valence electrons. The summed E-state index contributed by atoms with van der Waals surface area (Å²) in [5.74, 6) is 0.344. The van der Waals surface area contributed by atoms with Gasteiger partial charge in [0, 0.05) is 42.4 Å².